The smallest absolute Gasteiger partial charge is 0.253 e. The van der Waals surface area contributed by atoms with E-state index in [9.17, 15) is 4.79 Å². The molecule has 1 aromatic heterocycles. The van der Waals surface area contributed by atoms with Crippen LogP contribution in [0.5, 0.6) is 11.5 Å². The van der Waals surface area contributed by atoms with Gasteiger partial charge in [-0.2, -0.15) is 0 Å². The summed E-state index contributed by atoms with van der Waals surface area (Å²) in [7, 11) is 4.95. The van der Waals surface area contributed by atoms with Crippen molar-refractivity contribution < 1.29 is 14.3 Å². The molecule has 2 aromatic rings. The molecule has 1 aromatic carbocycles. The molecular formula is C16H19NO3S. The highest BCUT2D eigenvalue weighted by atomic mass is 32.1. The van der Waals surface area contributed by atoms with Crippen LogP contribution in [0, 0.1) is 0 Å². The predicted octanol–water partition coefficient (Wildman–Crippen LogP) is 3.08. The number of carbonyl (C=O) groups excluding carboxylic acids is 1. The summed E-state index contributed by atoms with van der Waals surface area (Å²) in [5, 5.41) is 2.05. The maximum atomic E-state index is 12.5. The maximum Gasteiger partial charge on any atom is 0.253 e. The van der Waals surface area contributed by atoms with Gasteiger partial charge in [-0.25, -0.2) is 0 Å². The monoisotopic (exact) mass is 305 g/mol. The molecule has 0 saturated heterocycles. The number of carbonyl (C=O) groups is 1. The number of amides is 1. The number of benzene rings is 1. The highest BCUT2D eigenvalue weighted by Crippen LogP contribution is 2.23. The summed E-state index contributed by atoms with van der Waals surface area (Å²) in [5.41, 5.74) is 0.569. The quantitative estimate of drug-likeness (QED) is 0.823. The van der Waals surface area contributed by atoms with Crippen molar-refractivity contribution in [2.45, 2.75) is 6.42 Å². The average molecular weight is 305 g/mol. The van der Waals surface area contributed by atoms with E-state index < -0.39 is 0 Å². The number of ether oxygens (including phenoxy) is 2. The van der Waals surface area contributed by atoms with Crippen molar-refractivity contribution >= 4 is 17.2 Å². The van der Waals surface area contributed by atoms with E-state index >= 15 is 0 Å². The van der Waals surface area contributed by atoms with Crippen LogP contribution in [-0.4, -0.2) is 38.6 Å². The van der Waals surface area contributed by atoms with Gasteiger partial charge in [0.25, 0.3) is 5.91 Å². The molecule has 2 rings (SSSR count). The summed E-state index contributed by atoms with van der Waals surface area (Å²) in [4.78, 5) is 15.5. The zero-order valence-electron chi connectivity index (χ0n) is 12.5. The average Bonchev–Trinajstić information content (AvgIpc) is 3.04. The molecule has 4 nitrogen and oxygen atoms in total. The third kappa shape index (κ3) is 3.98. The van der Waals surface area contributed by atoms with E-state index in [0.717, 1.165) is 6.42 Å². The minimum absolute atomic E-state index is 0.0382. The van der Waals surface area contributed by atoms with Crippen LogP contribution < -0.4 is 9.47 Å². The van der Waals surface area contributed by atoms with Crippen LogP contribution in [0.25, 0.3) is 0 Å². The van der Waals surface area contributed by atoms with Crippen LogP contribution in [0.2, 0.25) is 0 Å². The Hall–Kier alpha value is -2.01. The lowest BCUT2D eigenvalue weighted by Crippen LogP contribution is -2.28. The molecule has 1 amide bonds. The van der Waals surface area contributed by atoms with E-state index in [-0.39, 0.29) is 5.91 Å². The normalized spacial score (nSPS) is 10.2. The largest absolute Gasteiger partial charge is 0.497 e. The standard InChI is InChI=1S/C16H19NO3S/c1-17(7-6-15-5-4-8-21-15)16(18)12-9-13(19-2)11-14(10-12)20-3/h4-5,8-11H,6-7H2,1-3H3. The summed E-state index contributed by atoms with van der Waals surface area (Å²) in [6.07, 6.45) is 0.862. The predicted molar refractivity (Wildman–Crippen MR) is 84.5 cm³/mol. The van der Waals surface area contributed by atoms with Gasteiger partial charge in [-0.1, -0.05) is 6.07 Å². The number of nitrogens with zero attached hydrogens (tertiary/aromatic N) is 1. The Morgan fingerprint density at radius 1 is 1.19 bits per heavy atom. The van der Waals surface area contributed by atoms with Crippen LogP contribution in [0.1, 0.15) is 15.2 Å². The Bertz CT molecular complexity index is 573. The van der Waals surface area contributed by atoms with Crippen LogP contribution in [0.3, 0.4) is 0 Å². The second-order valence-corrected chi connectivity index (χ2v) is 5.69. The van der Waals surface area contributed by atoms with Crippen molar-refractivity contribution in [1.29, 1.82) is 0 Å². The number of thiophene rings is 1. The number of methoxy groups -OCH3 is 2. The second-order valence-electron chi connectivity index (χ2n) is 4.66. The molecule has 0 saturated carbocycles. The minimum Gasteiger partial charge on any atom is -0.497 e. The summed E-state index contributed by atoms with van der Waals surface area (Å²) in [6.45, 7) is 0.679. The molecule has 0 bridgehead atoms. The van der Waals surface area contributed by atoms with Gasteiger partial charge in [0.05, 0.1) is 14.2 Å². The number of rotatable bonds is 6. The molecule has 0 N–H and O–H groups in total. The van der Waals surface area contributed by atoms with Crippen LogP contribution in [-0.2, 0) is 6.42 Å². The highest BCUT2D eigenvalue weighted by Gasteiger charge is 2.14. The van der Waals surface area contributed by atoms with Crippen LogP contribution in [0.15, 0.2) is 35.7 Å². The van der Waals surface area contributed by atoms with Crippen LogP contribution in [0.4, 0.5) is 0 Å². The molecule has 21 heavy (non-hydrogen) atoms. The van der Waals surface area contributed by atoms with Crippen molar-refractivity contribution in [2.75, 3.05) is 27.8 Å². The summed E-state index contributed by atoms with van der Waals surface area (Å²) in [5.74, 6) is 1.19. The van der Waals surface area contributed by atoms with Crippen molar-refractivity contribution in [1.82, 2.24) is 4.90 Å². The topological polar surface area (TPSA) is 38.8 Å². The Morgan fingerprint density at radius 2 is 1.86 bits per heavy atom. The SMILES string of the molecule is COc1cc(OC)cc(C(=O)N(C)CCc2cccs2)c1. The Kier molecular flexibility index (Phi) is 5.22. The lowest BCUT2D eigenvalue weighted by atomic mass is 10.1. The lowest BCUT2D eigenvalue weighted by Gasteiger charge is -2.17. The number of hydrogen-bond donors (Lipinski definition) is 0. The van der Waals surface area contributed by atoms with E-state index in [4.69, 9.17) is 9.47 Å². The molecular weight excluding hydrogens is 286 g/mol. The molecule has 0 atom stereocenters. The second kappa shape index (κ2) is 7.13. The fraction of sp³-hybridized carbons (Fsp3) is 0.312. The Balaban J connectivity index is 2.07. The van der Waals surface area contributed by atoms with E-state index in [1.807, 2.05) is 18.5 Å². The summed E-state index contributed by atoms with van der Waals surface area (Å²) < 4.78 is 10.4. The third-order valence-corrected chi connectivity index (χ3v) is 4.15. The maximum absolute atomic E-state index is 12.5. The minimum atomic E-state index is -0.0382. The van der Waals surface area contributed by atoms with Gasteiger partial charge in [-0.3, -0.25) is 4.79 Å². The molecule has 1 heterocycles. The summed E-state index contributed by atoms with van der Waals surface area (Å²) in [6, 6.07) is 9.31. The zero-order chi connectivity index (χ0) is 15.2. The fourth-order valence-electron chi connectivity index (χ4n) is 1.99. The molecule has 0 radical (unpaired) electrons. The Morgan fingerprint density at radius 3 is 2.38 bits per heavy atom. The molecule has 0 aliphatic carbocycles. The van der Waals surface area contributed by atoms with Gasteiger partial charge in [0.1, 0.15) is 11.5 Å². The first kappa shape index (κ1) is 15.4. The van der Waals surface area contributed by atoms with E-state index in [2.05, 4.69) is 6.07 Å². The highest BCUT2D eigenvalue weighted by molar-refractivity contribution is 7.09. The molecule has 0 unspecified atom stereocenters. The fourth-order valence-corrected chi connectivity index (χ4v) is 2.68. The molecule has 112 valence electrons. The third-order valence-electron chi connectivity index (χ3n) is 3.22. The number of likely N-dealkylation sites (N-methyl/N-ethyl adjacent to an activating group) is 1. The van der Waals surface area contributed by atoms with Crippen molar-refractivity contribution in [2.24, 2.45) is 0 Å². The van der Waals surface area contributed by atoms with Gasteiger partial charge in [0.2, 0.25) is 0 Å². The van der Waals surface area contributed by atoms with Crippen molar-refractivity contribution in [3.8, 4) is 11.5 Å². The van der Waals surface area contributed by atoms with Crippen LogP contribution >= 0.6 is 11.3 Å². The molecule has 5 heteroatoms. The van der Waals surface area contributed by atoms with Gasteiger partial charge in [0, 0.05) is 30.1 Å². The first-order valence-corrected chi connectivity index (χ1v) is 7.53. The number of hydrogen-bond acceptors (Lipinski definition) is 4. The lowest BCUT2D eigenvalue weighted by molar-refractivity contribution is 0.0796. The van der Waals surface area contributed by atoms with E-state index in [1.165, 1.54) is 4.88 Å². The van der Waals surface area contributed by atoms with E-state index in [0.29, 0.717) is 23.6 Å². The van der Waals surface area contributed by atoms with Gasteiger partial charge >= 0.3 is 0 Å². The molecule has 0 aliphatic rings. The molecule has 0 fully saturated rings. The van der Waals surface area contributed by atoms with Gasteiger partial charge in [-0.15, -0.1) is 11.3 Å². The molecule has 0 aliphatic heterocycles. The van der Waals surface area contributed by atoms with E-state index in [1.54, 1.807) is 48.7 Å². The first-order valence-electron chi connectivity index (χ1n) is 6.65. The van der Waals surface area contributed by atoms with Crippen molar-refractivity contribution in [3.05, 3.63) is 46.2 Å². The zero-order valence-corrected chi connectivity index (χ0v) is 13.3. The van der Waals surface area contributed by atoms with Gasteiger partial charge < -0.3 is 14.4 Å². The summed E-state index contributed by atoms with van der Waals surface area (Å²) >= 11 is 1.71. The van der Waals surface area contributed by atoms with Gasteiger partial charge in [0.15, 0.2) is 0 Å². The Labute approximate surface area is 128 Å². The molecule has 0 spiro atoms. The first-order chi connectivity index (χ1) is 10.1. The van der Waals surface area contributed by atoms with Crippen molar-refractivity contribution in [3.63, 3.8) is 0 Å². The van der Waals surface area contributed by atoms with Gasteiger partial charge in [-0.05, 0) is 30.0 Å².